The van der Waals surface area contributed by atoms with Crippen molar-refractivity contribution >= 4 is 11.7 Å². The topological polar surface area (TPSA) is 41.1 Å². The van der Waals surface area contributed by atoms with Crippen LogP contribution in [0.4, 0.5) is 10.5 Å². The molecule has 90 valence electrons. The predicted octanol–water partition coefficient (Wildman–Crippen LogP) is 2.42. The van der Waals surface area contributed by atoms with Gasteiger partial charge in [-0.3, -0.25) is 0 Å². The summed E-state index contributed by atoms with van der Waals surface area (Å²) < 4.78 is 0. The van der Waals surface area contributed by atoms with Gasteiger partial charge < -0.3 is 10.6 Å². The number of anilines is 1. The summed E-state index contributed by atoms with van der Waals surface area (Å²) in [5.74, 6) is 0. The highest BCUT2D eigenvalue weighted by Gasteiger charge is 2.24. The molecule has 0 radical (unpaired) electrons. The van der Waals surface area contributed by atoms with Crippen LogP contribution in [-0.4, -0.2) is 13.1 Å². The number of amides is 2. The van der Waals surface area contributed by atoms with Gasteiger partial charge >= 0.3 is 6.03 Å². The lowest BCUT2D eigenvalue weighted by molar-refractivity contribution is 0.254. The van der Waals surface area contributed by atoms with E-state index in [-0.39, 0.29) is 6.03 Å². The fraction of sp³-hybridized carbons (Fsp3) is 0.500. The molecule has 0 unspecified atom stereocenters. The van der Waals surface area contributed by atoms with Gasteiger partial charge in [-0.25, -0.2) is 4.79 Å². The summed E-state index contributed by atoms with van der Waals surface area (Å²) in [5.41, 5.74) is 6.80. The Morgan fingerprint density at radius 2 is 1.65 bits per heavy atom. The smallest absolute Gasteiger partial charge is 0.318 e. The maximum Gasteiger partial charge on any atom is 0.318 e. The number of urea groups is 1. The largest absolute Gasteiger partial charge is 0.341 e. The number of hydrogen-bond acceptors (Lipinski definition) is 1. The van der Waals surface area contributed by atoms with Crippen LogP contribution in [0.3, 0.4) is 0 Å². The van der Waals surface area contributed by atoms with Crippen molar-refractivity contribution in [2.45, 2.75) is 38.5 Å². The van der Waals surface area contributed by atoms with Crippen molar-refractivity contribution in [3.05, 3.63) is 28.3 Å². The Morgan fingerprint density at radius 1 is 1.06 bits per heavy atom. The van der Waals surface area contributed by atoms with E-state index in [4.69, 9.17) is 0 Å². The van der Waals surface area contributed by atoms with Gasteiger partial charge in [0.05, 0.1) is 0 Å². The molecular formula is C14H18N2O. The van der Waals surface area contributed by atoms with Crippen LogP contribution in [0.5, 0.6) is 0 Å². The molecule has 0 fully saturated rings. The van der Waals surface area contributed by atoms with Crippen molar-refractivity contribution in [3.63, 3.8) is 0 Å². The molecule has 0 aliphatic heterocycles. The fourth-order valence-electron chi connectivity index (χ4n) is 3.14. The molecule has 2 amide bonds. The fourth-order valence-corrected chi connectivity index (χ4v) is 3.14. The Balaban J connectivity index is 2.08. The van der Waals surface area contributed by atoms with Crippen molar-refractivity contribution in [3.8, 4) is 0 Å². The van der Waals surface area contributed by atoms with Crippen LogP contribution in [-0.2, 0) is 25.7 Å². The minimum atomic E-state index is -0.0978. The molecular weight excluding hydrogens is 212 g/mol. The second-order valence-electron chi connectivity index (χ2n) is 4.94. The molecule has 3 heteroatoms. The summed E-state index contributed by atoms with van der Waals surface area (Å²) in [4.78, 5) is 11.6. The van der Waals surface area contributed by atoms with Gasteiger partial charge in [0.1, 0.15) is 0 Å². The van der Waals surface area contributed by atoms with Crippen molar-refractivity contribution in [2.24, 2.45) is 0 Å². The summed E-state index contributed by atoms with van der Waals surface area (Å²) in [6.45, 7) is 0. The first kappa shape index (κ1) is 10.6. The Kier molecular flexibility index (Phi) is 2.54. The van der Waals surface area contributed by atoms with E-state index in [9.17, 15) is 4.79 Å². The van der Waals surface area contributed by atoms with Gasteiger partial charge in [0.15, 0.2) is 0 Å². The van der Waals surface area contributed by atoms with Gasteiger partial charge in [-0.2, -0.15) is 0 Å². The molecule has 0 saturated heterocycles. The molecule has 0 heterocycles. The molecule has 3 rings (SSSR count). The zero-order chi connectivity index (χ0) is 11.8. The first-order valence-corrected chi connectivity index (χ1v) is 6.45. The van der Waals surface area contributed by atoms with Crippen LogP contribution in [0.15, 0.2) is 6.07 Å². The van der Waals surface area contributed by atoms with Gasteiger partial charge in [-0.05, 0) is 60.8 Å². The molecule has 2 aliphatic carbocycles. The zero-order valence-corrected chi connectivity index (χ0v) is 10.2. The van der Waals surface area contributed by atoms with Gasteiger partial charge in [0.25, 0.3) is 0 Å². The minimum absolute atomic E-state index is 0.0978. The summed E-state index contributed by atoms with van der Waals surface area (Å²) in [6.07, 6.45) is 7.02. The van der Waals surface area contributed by atoms with E-state index in [1.807, 2.05) is 0 Å². The molecule has 1 aromatic carbocycles. The van der Waals surface area contributed by atoms with Crippen LogP contribution in [0.1, 0.15) is 35.1 Å². The molecule has 1 aromatic rings. The highest BCUT2D eigenvalue weighted by molar-refractivity contribution is 5.91. The van der Waals surface area contributed by atoms with Crippen LogP contribution in [0.25, 0.3) is 0 Å². The third kappa shape index (κ3) is 1.70. The van der Waals surface area contributed by atoms with Gasteiger partial charge in [0.2, 0.25) is 0 Å². The van der Waals surface area contributed by atoms with Crippen molar-refractivity contribution in [2.75, 3.05) is 12.4 Å². The normalized spacial score (nSPS) is 16.5. The highest BCUT2D eigenvalue weighted by atomic mass is 16.2. The average Bonchev–Trinajstić information content (AvgIpc) is 2.96. The third-order valence-corrected chi connectivity index (χ3v) is 3.94. The summed E-state index contributed by atoms with van der Waals surface area (Å²) in [5, 5.41) is 5.69. The van der Waals surface area contributed by atoms with Crippen molar-refractivity contribution in [1.82, 2.24) is 5.32 Å². The Hall–Kier alpha value is -1.51. The molecule has 2 aliphatic rings. The lowest BCUT2D eigenvalue weighted by Gasteiger charge is -2.15. The van der Waals surface area contributed by atoms with E-state index in [0.717, 1.165) is 18.5 Å². The van der Waals surface area contributed by atoms with Gasteiger partial charge in [0, 0.05) is 12.7 Å². The lowest BCUT2D eigenvalue weighted by Crippen LogP contribution is -2.25. The number of rotatable bonds is 1. The summed E-state index contributed by atoms with van der Waals surface area (Å²) >= 11 is 0. The second-order valence-corrected chi connectivity index (χ2v) is 4.94. The minimum Gasteiger partial charge on any atom is -0.341 e. The zero-order valence-electron chi connectivity index (χ0n) is 10.2. The molecule has 0 bridgehead atoms. The maximum absolute atomic E-state index is 11.6. The van der Waals surface area contributed by atoms with Crippen LogP contribution < -0.4 is 10.6 Å². The Morgan fingerprint density at radius 3 is 2.18 bits per heavy atom. The molecule has 2 N–H and O–H groups in total. The molecule has 3 nitrogen and oxygen atoms in total. The number of fused-ring (bicyclic) bond motifs is 2. The third-order valence-electron chi connectivity index (χ3n) is 3.94. The molecule has 0 aromatic heterocycles. The van der Waals surface area contributed by atoms with Gasteiger partial charge in [-0.1, -0.05) is 6.07 Å². The van der Waals surface area contributed by atoms with Crippen LogP contribution in [0, 0.1) is 0 Å². The van der Waals surface area contributed by atoms with E-state index in [2.05, 4.69) is 16.7 Å². The molecule has 0 saturated carbocycles. The van der Waals surface area contributed by atoms with E-state index >= 15 is 0 Å². The van der Waals surface area contributed by atoms with E-state index in [0.29, 0.717) is 0 Å². The van der Waals surface area contributed by atoms with E-state index in [1.165, 1.54) is 47.9 Å². The highest BCUT2D eigenvalue weighted by Crippen LogP contribution is 2.38. The quantitative estimate of drug-likeness (QED) is 0.764. The van der Waals surface area contributed by atoms with Crippen molar-refractivity contribution in [1.29, 1.82) is 0 Å². The maximum atomic E-state index is 11.6. The van der Waals surface area contributed by atoms with Crippen LogP contribution in [0.2, 0.25) is 0 Å². The SMILES string of the molecule is CNC(=O)Nc1c2c(cc3c1CCC3)CCC2. The first-order chi connectivity index (χ1) is 8.29. The Bertz CT molecular complexity index is 447. The number of benzene rings is 1. The Labute approximate surface area is 102 Å². The number of carbonyl (C=O) groups is 1. The van der Waals surface area contributed by atoms with Crippen molar-refractivity contribution < 1.29 is 4.79 Å². The summed E-state index contributed by atoms with van der Waals surface area (Å²) in [7, 11) is 1.67. The predicted molar refractivity (Wildman–Crippen MR) is 68.6 cm³/mol. The number of carbonyl (C=O) groups excluding carboxylic acids is 1. The second kappa shape index (κ2) is 4.06. The van der Waals surface area contributed by atoms with E-state index in [1.54, 1.807) is 7.05 Å². The van der Waals surface area contributed by atoms with E-state index < -0.39 is 0 Å². The molecule has 17 heavy (non-hydrogen) atoms. The lowest BCUT2D eigenvalue weighted by atomic mass is 9.99. The number of hydrogen-bond donors (Lipinski definition) is 2. The standard InChI is InChI=1S/C14H18N2O/c1-15-14(17)16-13-11-6-2-4-9(11)8-10-5-3-7-12(10)13/h8H,2-7H2,1H3,(H2,15,16,17). The number of nitrogens with one attached hydrogen (secondary N) is 2. The monoisotopic (exact) mass is 230 g/mol. The first-order valence-electron chi connectivity index (χ1n) is 6.45. The average molecular weight is 230 g/mol. The summed E-state index contributed by atoms with van der Waals surface area (Å²) in [6, 6.07) is 2.28. The van der Waals surface area contributed by atoms with Gasteiger partial charge in [-0.15, -0.1) is 0 Å². The molecule has 0 spiro atoms. The van der Waals surface area contributed by atoms with Crippen LogP contribution >= 0.6 is 0 Å². The molecule has 0 atom stereocenters. The number of aryl methyl sites for hydroxylation is 2.